The summed E-state index contributed by atoms with van der Waals surface area (Å²) in [6.07, 6.45) is 15.1. The van der Waals surface area contributed by atoms with Crippen molar-refractivity contribution in [1.29, 1.82) is 0 Å². The predicted molar refractivity (Wildman–Crippen MR) is 102 cm³/mol. The molecule has 0 aromatic heterocycles. The van der Waals surface area contributed by atoms with Gasteiger partial charge in [0, 0.05) is 19.5 Å². The van der Waals surface area contributed by atoms with Crippen LogP contribution in [0.3, 0.4) is 0 Å². The van der Waals surface area contributed by atoms with E-state index in [1.807, 2.05) is 7.05 Å². The lowest BCUT2D eigenvalue weighted by atomic mass is 9.78. The van der Waals surface area contributed by atoms with Gasteiger partial charge in [-0.15, -0.1) is 0 Å². The summed E-state index contributed by atoms with van der Waals surface area (Å²) in [4.78, 5) is 19.3. The molecule has 0 radical (unpaired) electrons. The van der Waals surface area contributed by atoms with Crippen molar-refractivity contribution < 1.29 is 4.79 Å². The van der Waals surface area contributed by atoms with Crippen LogP contribution < -0.4 is 11.1 Å². The van der Waals surface area contributed by atoms with E-state index < -0.39 is 5.54 Å². The van der Waals surface area contributed by atoms with Crippen molar-refractivity contribution in [3.8, 4) is 0 Å². The lowest BCUT2D eigenvalue weighted by Gasteiger charge is -2.31. The summed E-state index contributed by atoms with van der Waals surface area (Å²) in [6, 6.07) is 0.426. The Kier molecular flexibility index (Phi) is 5.82. The number of guanidine groups is 1. The molecule has 5 heteroatoms. The molecule has 3 aliphatic rings. The Morgan fingerprint density at radius 2 is 2.04 bits per heavy atom. The number of likely N-dealkylation sites (N-methyl/N-ethyl adjacent to an activating group) is 2. The molecule has 0 unspecified atom stereocenters. The average molecular weight is 347 g/mol. The molecule has 0 bridgehead atoms. The summed E-state index contributed by atoms with van der Waals surface area (Å²) < 4.78 is 0. The molecule has 1 aliphatic heterocycles. The number of nitrogens with one attached hydrogen (secondary N) is 1. The fraction of sp³-hybridized carbons (Fsp3) is 0.800. The van der Waals surface area contributed by atoms with E-state index >= 15 is 0 Å². The molecule has 5 nitrogen and oxygen atoms in total. The minimum Gasteiger partial charge on any atom is -0.369 e. The highest BCUT2D eigenvalue weighted by molar-refractivity contribution is 6.06. The zero-order valence-corrected chi connectivity index (χ0v) is 15.9. The summed E-state index contributed by atoms with van der Waals surface area (Å²) in [5, 5.41) is 3.35. The molecule has 0 spiro atoms. The Morgan fingerprint density at radius 3 is 2.68 bits per heavy atom. The molecule has 0 saturated heterocycles. The lowest BCUT2D eigenvalue weighted by molar-refractivity contribution is -0.130. The van der Waals surface area contributed by atoms with Crippen LogP contribution in [0.25, 0.3) is 0 Å². The van der Waals surface area contributed by atoms with E-state index in [-0.39, 0.29) is 5.91 Å². The first-order valence-corrected chi connectivity index (χ1v) is 10.0. The van der Waals surface area contributed by atoms with Crippen molar-refractivity contribution in [2.45, 2.75) is 82.2 Å². The Morgan fingerprint density at radius 1 is 1.28 bits per heavy atom. The second-order valence-electron chi connectivity index (χ2n) is 8.20. The average Bonchev–Trinajstić information content (AvgIpc) is 2.85. The van der Waals surface area contributed by atoms with Crippen molar-refractivity contribution in [2.24, 2.45) is 16.6 Å². The molecule has 2 atom stereocenters. The van der Waals surface area contributed by atoms with Gasteiger partial charge < -0.3 is 11.1 Å². The van der Waals surface area contributed by atoms with Gasteiger partial charge in [0.05, 0.1) is 0 Å². The highest BCUT2D eigenvalue weighted by atomic mass is 16.2. The number of aliphatic imine (C=N–C) groups is 1. The van der Waals surface area contributed by atoms with Crippen LogP contribution in [0.1, 0.15) is 70.6 Å². The molecule has 1 amide bonds. The number of hydrogen-bond donors (Lipinski definition) is 2. The number of nitrogens with zero attached hydrogens (tertiary/aromatic N) is 2. The number of nitrogens with two attached hydrogens (primary N) is 1. The largest absolute Gasteiger partial charge is 0.369 e. The van der Waals surface area contributed by atoms with Crippen LogP contribution in [0.4, 0.5) is 0 Å². The number of carbonyl (C=O) groups excluding carboxylic acids is 1. The van der Waals surface area contributed by atoms with Crippen molar-refractivity contribution in [3.63, 3.8) is 0 Å². The Labute approximate surface area is 152 Å². The van der Waals surface area contributed by atoms with Crippen LogP contribution in [-0.4, -0.2) is 42.4 Å². The van der Waals surface area contributed by atoms with Crippen LogP contribution in [0.5, 0.6) is 0 Å². The zero-order valence-electron chi connectivity index (χ0n) is 15.9. The molecule has 1 heterocycles. The number of amides is 1. The van der Waals surface area contributed by atoms with Gasteiger partial charge >= 0.3 is 0 Å². The zero-order chi connectivity index (χ0) is 17.9. The highest BCUT2D eigenvalue weighted by Crippen LogP contribution is 2.38. The van der Waals surface area contributed by atoms with Gasteiger partial charge in [0.2, 0.25) is 0 Å². The van der Waals surface area contributed by atoms with Crippen LogP contribution in [-0.2, 0) is 4.79 Å². The second kappa shape index (κ2) is 7.90. The third-order valence-electron chi connectivity index (χ3n) is 6.41. The molecule has 25 heavy (non-hydrogen) atoms. The van der Waals surface area contributed by atoms with Crippen molar-refractivity contribution in [1.82, 2.24) is 10.2 Å². The fourth-order valence-electron chi connectivity index (χ4n) is 4.79. The number of hydrogen-bond acceptors (Lipinski definition) is 4. The summed E-state index contributed by atoms with van der Waals surface area (Å²) >= 11 is 0. The Balaban J connectivity index is 1.75. The first kappa shape index (κ1) is 18.4. The van der Waals surface area contributed by atoms with E-state index in [1.165, 1.54) is 50.5 Å². The SMILES string of the molecule is CN[C@@H]1C=C(C[C@@]2(CCC3CCCCC3)N=C(N)N(C)C2=O)CCC1. The minimum absolute atomic E-state index is 0.0910. The van der Waals surface area contributed by atoms with E-state index in [0.717, 1.165) is 31.6 Å². The predicted octanol–water partition coefficient (Wildman–Crippen LogP) is 2.96. The van der Waals surface area contributed by atoms with Gasteiger partial charge in [-0.3, -0.25) is 9.69 Å². The van der Waals surface area contributed by atoms with Gasteiger partial charge in [-0.25, -0.2) is 4.99 Å². The van der Waals surface area contributed by atoms with Gasteiger partial charge in [0.15, 0.2) is 5.96 Å². The molecular formula is C20H34N4O. The quantitative estimate of drug-likeness (QED) is 0.726. The third-order valence-corrected chi connectivity index (χ3v) is 6.41. The van der Waals surface area contributed by atoms with Gasteiger partial charge in [0.25, 0.3) is 5.91 Å². The first-order chi connectivity index (χ1) is 12.0. The maximum atomic E-state index is 13.0. The molecule has 1 saturated carbocycles. The molecule has 2 aliphatic carbocycles. The van der Waals surface area contributed by atoms with Gasteiger partial charge in [0.1, 0.15) is 5.54 Å². The van der Waals surface area contributed by atoms with Crippen molar-refractivity contribution in [3.05, 3.63) is 11.6 Å². The van der Waals surface area contributed by atoms with E-state index in [9.17, 15) is 4.79 Å². The van der Waals surface area contributed by atoms with Crippen LogP contribution in [0.15, 0.2) is 16.6 Å². The van der Waals surface area contributed by atoms with E-state index in [1.54, 1.807) is 11.9 Å². The molecule has 1 fully saturated rings. The topological polar surface area (TPSA) is 70.7 Å². The first-order valence-electron chi connectivity index (χ1n) is 10.0. The van der Waals surface area contributed by atoms with E-state index in [4.69, 9.17) is 10.7 Å². The third kappa shape index (κ3) is 4.08. The van der Waals surface area contributed by atoms with Crippen molar-refractivity contribution >= 4 is 11.9 Å². The monoisotopic (exact) mass is 346 g/mol. The molecule has 3 N–H and O–H groups in total. The Bertz CT molecular complexity index is 550. The molecule has 3 rings (SSSR count). The van der Waals surface area contributed by atoms with Gasteiger partial charge in [-0.2, -0.15) is 0 Å². The van der Waals surface area contributed by atoms with Crippen LogP contribution >= 0.6 is 0 Å². The van der Waals surface area contributed by atoms with Crippen molar-refractivity contribution in [2.75, 3.05) is 14.1 Å². The normalized spacial score (nSPS) is 31.2. The standard InChI is InChI=1S/C20H34N4O/c1-22-17-10-6-9-16(13-17)14-20(18(25)24(2)19(21)23-20)12-11-15-7-4-3-5-8-15/h13,15,17,22H,3-12,14H2,1-2H3,(H2,21,23)/t17-,20+/m0/s1. The van der Waals surface area contributed by atoms with Gasteiger partial charge in [-0.05, 0) is 45.1 Å². The summed E-state index contributed by atoms with van der Waals surface area (Å²) in [6.45, 7) is 0. The van der Waals surface area contributed by atoms with Crippen LogP contribution in [0.2, 0.25) is 0 Å². The van der Waals surface area contributed by atoms with E-state index in [2.05, 4.69) is 11.4 Å². The maximum absolute atomic E-state index is 13.0. The fourth-order valence-corrected chi connectivity index (χ4v) is 4.79. The smallest absolute Gasteiger partial charge is 0.257 e. The summed E-state index contributed by atoms with van der Waals surface area (Å²) in [7, 11) is 3.77. The molecule has 140 valence electrons. The minimum atomic E-state index is -0.655. The lowest BCUT2D eigenvalue weighted by Crippen LogP contribution is -2.43. The molecule has 0 aromatic carbocycles. The van der Waals surface area contributed by atoms with Gasteiger partial charge in [-0.1, -0.05) is 43.8 Å². The maximum Gasteiger partial charge on any atom is 0.257 e. The second-order valence-corrected chi connectivity index (χ2v) is 8.20. The van der Waals surface area contributed by atoms with E-state index in [0.29, 0.717) is 12.0 Å². The summed E-state index contributed by atoms with van der Waals surface area (Å²) in [5.74, 6) is 1.23. The molecule has 0 aromatic rings. The number of carbonyl (C=O) groups is 1. The molecular weight excluding hydrogens is 312 g/mol. The summed E-state index contributed by atoms with van der Waals surface area (Å²) in [5.41, 5.74) is 6.75. The number of rotatable bonds is 6. The highest BCUT2D eigenvalue weighted by Gasteiger charge is 2.46. The van der Waals surface area contributed by atoms with Crippen LogP contribution in [0, 0.1) is 5.92 Å². The Hall–Kier alpha value is -1.36.